The number of carbonyl (C=O) groups is 3. The number of hydrogen-bond acceptors (Lipinski definition) is 4. The Hall–Kier alpha value is -3.35. The minimum absolute atomic E-state index is 0.0179. The van der Waals surface area contributed by atoms with Crippen LogP contribution in [0.4, 0.5) is 4.79 Å². The summed E-state index contributed by atoms with van der Waals surface area (Å²) in [6.07, 6.45) is 4.52. The highest BCUT2D eigenvalue weighted by molar-refractivity contribution is 5.81. The van der Waals surface area contributed by atoms with Crippen LogP contribution in [0.15, 0.2) is 48.5 Å². The molecule has 1 saturated heterocycles. The average molecular weight is 477 g/mol. The third kappa shape index (κ3) is 4.77. The number of likely N-dealkylation sites (tertiary alicyclic amines) is 1. The number of benzene rings is 2. The SMILES string of the molecule is O=C(O)C[C@@H]1CCCN1C(=O)CC1(NC(=O)OCC2c3ccccc3-c3ccccc32)CCCC1. The number of aliphatic carboxylic acids is 1. The van der Waals surface area contributed by atoms with Gasteiger partial charge in [0.25, 0.3) is 0 Å². The number of carboxylic acid groups (broad SMARTS) is 1. The maximum atomic E-state index is 13.2. The Morgan fingerprint density at radius 3 is 2.23 bits per heavy atom. The van der Waals surface area contributed by atoms with Gasteiger partial charge >= 0.3 is 12.1 Å². The van der Waals surface area contributed by atoms with Crippen molar-refractivity contribution in [1.82, 2.24) is 10.2 Å². The summed E-state index contributed by atoms with van der Waals surface area (Å²) in [6, 6.07) is 16.2. The Labute approximate surface area is 205 Å². The zero-order valence-corrected chi connectivity index (χ0v) is 19.9. The molecule has 2 aromatic rings. The number of fused-ring (bicyclic) bond motifs is 3. The molecule has 2 amide bonds. The predicted molar refractivity (Wildman–Crippen MR) is 131 cm³/mol. The molecule has 2 fully saturated rings. The first-order valence-corrected chi connectivity index (χ1v) is 12.6. The number of carbonyl (C=O) groups excluding carboxylic acids is 2. The number of ether oxygens (including phenoxy) is 1. The number of amides is 2. The van der Waals surface area contributed by atoms with Gasteiger partial charge in [0.05, 0.1) is 18.4 Å². The zero-order chi connectivity index (χ0) is 24.4. The first-order valence-electron chi connectivity index (χ1n) is 12.6. The second kappa shape index (κ2) is 9.72. The molecule has 1 heterocycles. The fourth-order valence-electron chi connectivity index (χ4n) is 6.22. The van der Waals surface area contributed by atoms with Crippen molar-refractivity contribution in [3.63, 3.8) is 0 Å². The lowest BCUT2D eigenvalue weighted by molar-refractivity contribution is -0.140. The maximum absolute atomic E-state index is 13.2. The van der Waals surface area contributed by atoms with Crippen LogP contribution in [-0.4, -0.2) is 52.7 Å². The lowest BCUT2D eigenvalue weighted by Gasteiger charge is -2.33. The van der Waals surface area contributed by atoms with E-state index in [4.69, 9.17) is 4.74 Å². The molecule has 0 radical (unpaired) electrons. The number of hydrogen-bond donors (Lipinski definition) is 2. The highest BCUT2D eigenvalue weighted by Gasteiger charge is 2.41. The van der Waals surface area contributed by atoms with E-state index in [0.29, 0.717) is 13.0 Å². The van der Waals surface area contributed by atoms with Crippen molar-refractivity contribution < 1.29 is 24.2 Å². The number of nitrogens with one attached hydrogen (secondary N) is 1. The molecule has 184 valence electrons. The molecule has 35 heavy (non-hydrogen) atoms. The highest BCUT2D eigenvalue weighted by Crippen LogP contribution is 2.44. The summed E-state index contributed by atoms with van der Waals surface area (Å²) in [5, 5.41) is 12.2. The first kappa shape index (κ1) is 23.4. The van der Waals surface area contributed by atoms with Crippen molar-refractivity contribution in [1.29, 1.82) is 0 Å². The predicted octanol–water partition coefficient (Wildman–Crippen LogP) is 4.69. The number of rotatable bonds is 7. The van der Waals surface area contributed by atoms with Crippen molar-refractivity contribution >= 4 is 18.0 Å². The topological polar surface area (TPSA) is 95.9 Å². The third-order valence-corrected chi connectivity index (χ3v) is 7.87. The quantitative estimate of drug-likeness (QED) is 0.604. The molecule has 1 saturated carbocycles. The molecular formula is C28H32N2O5. The molecule has 2 aliphatic carbocycles. The fraction of sp³-hybridized carbons (Fsp3) is 0.464. The van der Waals surface area contributed by atoms with E-state index in [0.717, 1.165) is 43.2 Å². The summed E-state index contributed by atoms with van der Waals surface area (Å²) >= 11 is 0. The van der Waals surface area contributed by atoms with Crippen LogP contribution in [-0.2, 0) is 14.3 Å². The summed E-state index contributed by atoms with van der Waals surface area (Å²) in [5.41, 5.74) is 4.04. The Morgan fingerprint density at radius 1 is 0.971 bits per heavy atom. The van der Waals surface area contributed by atoms with Crippen molar-refractivity contribution in [3.05, 3.63) is 59.7 Å². The van der Waals surface area contributed by atoms with Crippen LogP contribution in [0.25, 0.3) is 11.1 Å². The van der Waals surface area contributed by atoms with Crippen LogP contribution in [0.2, 0.25) is 0 Å². The molecule has 2 aromatic carbocycles. The van der Waals surface area contributed by atoms with Crippen LogP contribution < -0.4 is 5.32 Å². The van der Waals surface area contributed by atoms with E-state index in [2.05, 4.69) is 29.6 Å². The van der Waals surface area contributed by atoms with Gasteiger partial charge in [0.15, 0.2) is 0 Å². The molecule has 3 aliphatic rings. The van der Waals surface area contributed by atoms with E-state index >= 15 is 0 Å². The van der Waals surface area contributed by atoms with Gasteiger partial charge in [-0.3, -0.25) is 9.59 Å². The summed E-state index contributed by atoms with van der Waals surface area (Å²) in [7, 11) is 0. The maximum Gasteiger partial charge on any atom is 0.407 e. The van der Waals surface area contributed by atoms with Crippen molar-refractivity contribution in [2.75, 3.05) is 13.2 Å². The zero-order valence-electron chi connectivity index (χ0n) is 19.9. The number of nitrogens with zero attached hydrogens (tertiary/aromatic N) is 1. The van der Waals surface area contributed by atoms with Crippen molar-refractivity contribution in [2.45, 2.75) is 68.9 Å². The van der Waals surface area contributed by atoms with Crippen molar-refractivity contribution in [3.8, 4) is 11.1 Å². The van der Waals surface area contributed by atoms with Crippen LogP contribution in [0.1, 0.15) is 68.4 Å². The Morgan fingerprint density at radius 2 is 1.60 bits per heavy atom. The molecule has 1 aliphatic heterocycles. The molecule has 0 spiro atoms. The number of carboxylic acids is 1. The van der Waals surface area contributed by atoms with Gasteiger partial charge < -0.3 is 20.1 Å². The molecule has 0 bridgehead atoms. The summed E-state index contributed by atoms with van der Waals surface area (Å²) < 4.78 is 5.75. The highest BCUT2D eigenvalue weighted by atomic mass is 16.5. The van der Waals surface area contributed by atoms with Crippen LogP contribution in [0.5, 0.6) is 0 Å². The molecule has 2 N–H and O–H groups in total. The van der Waals surface area contributed by atoms with Gasteiger partial charge in [-0.15, -0.1) is 0 Å². The van der Waals surface area contributed by atoms with Gasteiger partial charge in [-0.25, -0.2) is 4.79 Å². The molecular weight excluding hydrogens is 444 g/mol. The Balaban J connectivity index is 1.24. The fourth-order valence-corrected chi connectivity index (χ4v) is 6.22. The van der Waals surface area contributed by atoms with Crippen LogP contribution >= 0.6 is 0 Å². The van der Waals surface area contributed by atoms with E-state index in [1.54, 1.807) is 4.90 Å². The second-order valence-electron chi connectivity index (χ2n) is 10.1. The smallest absolute Gasteiger partial charge is 0.407 e. The monoisotopic (exact) mass is 476 g/mol. The lowest BCUT2D eigenvalue weighted by atomic mass is 9.92. The standard InChI is InChI=1S/C28H32N2O5/c31-25(30-15-7-8-19(30)16-26(32)33)17-28(13-5-6-14-28)29-27(34)35-18-24-22-11-3-1-9-20(22)21-10-2-4-12-23(21)24/h1-4,9-12,19,24H,5-8,13-18H2,(H,29,34)(H,32,33)/t19-/m0/s1. The molecule has 7 heteroatoms. The van der Waals surface area contributed by atoms with Gasteiger partial charge in [-0.1, -0.05) is 61.4 Å². The molecule has 0 unspecified atom stereocenters. The van der Waals surface area contributed by atoms with Gasteiger partial charge in [0.2, 0.25) is 5.91 Å². The third-order valence-electron chi connectivity index (χ3n) is 7.87. The normalized spacial score (nSPS) is 20.3. The van der Waals surface area contributed by atoms with Gasteiger partial charge in [-0.05, 0) is 47.9 Å². The molecule has 1 atom stereocenters. The summed E-state index contributed by atoms with van der Waals surface area (Å²) in [5.74, 6) is -0.979. The van der Waals surface area contributed by atoms with Gasteiger partial charge in [0.1, 0.15) is 6.61 Å². The molecule has 5 rings (SSSR count). The van der Waals surface area contributed by atoms with Crippen LogP contribution in [0.3, 0.4) is 0 Å². The van der Waals surface area contributed by atoms with E-state index in [1.807, 2.05) is 24.3 Å². The molecule has 7 nitrogen and oxygen atoms in total. The Bertz CT molecular complexity index is 1080. The molecule has 0 aromatic heterocycles. The van der Waals surface area contributed by atoms with E-state index in [1.165, 1.54) is 11.1 Å². The van der Waals surface area contributed by atoms with Crippen molar-refractivity contribution in [2.24, 2.45) is 0 Å². The average Bonchev–Trinajstić information content (AvgIpc) is 3.56. The van der Waals surface area contributed by atoms with E-state index in [9.17, 15) is 19.5 Å². The lowest BCUT2D eigenvalue weighted by Crippen LogP contribution is -2.51. The summed E-state index contributed by atoms with van der Waals surface area (Å²) in [6.45, 7) is 0.814. The minimum atomic E-state index is -0.887. The largest absolute Gasteiger partial charge is 0.481 e. The Kier molecular flexibility index (Phi) is 6.50. The summed E-state index contributed by atoms with van der Waals surface area (Å²) in [4.78, 5) is 39.0. The van der Waals surface area contributed by atoms with Gasteiger partial charge in [-0.2, -0.15) is 0 Å². The second-order valence-corrected chi connectivity index (χ2v) is 10.1. The number of alkyl carbamates (subject to hydrolysis) is 1. The van der Waals surface area contributed by atoms with Crippen LogP contribution in [0, 0.1) is 0 Å². The van der Waals surface area contributed by atoms with E-state index < -0.39 is 17.6 Å². The first-order chi connectivity index (χ1) is 17.0. The van der Waals surface area contributed by atoms with E-state index in [-0.39, 0.29) is 37.3 Å². The van der Waals surface area contributed by atoms with Gasteiger partial charge in [0, 0.05) is 18.5 Å². The minimum Gasteiger partial charge on any atom is -0.481 e.